The molecule has 0 aromatic heterocycles. The van der Waals surface area contributed by atoms with Gasteiger partial charge in [-0.2, -0.15) is 0 Å². The van der Waals surface area contributed by atoms with Crippen LogP contribution in [0, 0.1) is 0 Å². The summed E-state index contributed by atoms with van der Waals surface area (Å²) in [6.45, 7) is 20.1. The maximum Gasteiger partial charge on any atom is 0.350 e. The molecule has 0 saturated heterocycles. The fourth-order valence-corrected chi connectivity index (χ4v) is 3.26. The monoisotopic (exact) mass is 591 g/mol. The molecular formula is C30H57NO6S2. The molecule has 0 fully saturated rings. The Morgan fingerprint density at radius 2 is 1.46 bits per heavy atom. The summed E-state index contributed by atoms with van der Waals surface area (Å²) in [6, 6.07) is 7.80. The van der Waals surface area contributed by atoms with E-state index in [0.717, 1.165) is 5.57 Å². The topological polar surface area (TPSA) is 82.1 Å². The van der Waals surface area contributed by atoms with Crippen LogP contribution in [0.5, 0.6) is 0 Å². The van der Waals surface area contributed by atoms with Gasteiger partial charge in [0.2, 0.25) is 9.84 Å². The molecule has 0 amide bonds. The van der Waals surface area contributed by atoms with Crippen molar-refractivity contribution in [3.8, 4) is 0 Å². The van der Waals surface area contributed by atoms with Crippen molar-refractivity contribution in [2.45, 2.75) is 66.4 Å². The first-order valence-electron chi connectivity index (χ1n) is 13.1. The van der Waals surface area contributed by atoms with Crippen molar-refractivity contribution in [2.75, 3.05) is 53.2 Å². The number of hydrogen-bond donors (Lipinski definition) is 0. The third-order valence-corrected chi connectivity index (χ3v) is 6.67. The van der Waals surface area contributed by atoms with Gasteiger partial charge < -0.3 is 18.6 Å². The number of rotatable bonds is 10. The number of carbonyl (C=O) groups excluding carboxylic acids is 1. The Hall–Kier alpha value is -2.07. The molecule has 0 unspecified atom stereocenters. The van der Waals surface area contributed by atoms with Crippen LogP contribution in [0.2, 0.25) is 0 Å². The largest absolute Gasteiger partial charge is 0.462 e. The van der Waals surface area contributed by atoms with E-state index in [2.05, 4.69) is 25.3 Å². The molecule has 0 radical (unpaired) electrons. The third-order valence-electron chi connectivity index (χ3n) is 3.90. The van der Waals surface area contributed by atoms with Gasteiger partial charge in [0.1, 0.15) is 0 Å². The minimum absolute atomic E-state index is 0.0491. The number of benzene rings is 1. The van der Waals surface area contributed by atoms with Gasteiger partial charge in [0.25, 0.3) is 0 Å². The molecule has 0 aliphatic carbocycles. The molecule has 7 nitrogen and oxygen atoms in total. The van der Waals surface area contributed by atoms with Crippen LogP contribution in [-0.2, 0) is 28.3 Å². The summed E-state index contributed by atoms with van der Waals surface area (Å²) in [5.41, 5.74) is 0.966. The van der Waals surface area contributed by atoms with Gasteiger partial charge in [0.15, 0.2) is 4.91 Å². The Bertz CT molecular complexity index is 903. The summed E-state index contributed by atoms with van der Waals surface area (Å²) in [4.78, 5) is 13.6. The van der Waals surface area contributed by atoms with Crippen LogP contribution in [0.25, 0.3) is 0 Å². The van der Waals surface area contributed by atoms with E-state index < -0.39 is 31.0 Å². The van der Waals surface area contributed by atoms with Crippen LogP contribution in [0.4, 0.5) is 0 Å². The molecule has 1 rings (SSSR count). The van der Waals surface area contributed by atoms with Crippen molar-refractivity contribution in [1.29, 1.82) is 0 Å². The maximum atomic E-state index is 12.7. The smallest absolute Gasteiger partial charge is 0.350 e. The first kappa shape index (κ1) is 44.0. The SMILES string of the molecule is C=C(C)CN(C)/C=C/C=C(\C(=O)OCC)S(=O)(=O)c1ccccc1.CC.CC.COC(C)C.COS(C)(C)C. The van der Waals surface area contributed by atoms with E-state index in [-0.39, 0.29) is 11.5 Å². The van der Waals surface area contributed by atoms with Crippen LogP contribution in [0.3, 0.4) is 0 Å². The van der Waals surface area contributed by atoms with Crippen molar-refractivity contribution in [2.24, 2.45) is 0 Å². The number of esters is 1. The molecule has 0 saturated carbocycles. The third kappa shape index (κ3) is 25.9. The zero-order valence-electron chi connectivity index (χ0n) is 27.0. The van der Waals surface area contributed by atoms with Crippen molar-refractivity contribution in [3.05, 3.63) is 65.7 Å². The molecular weight excluding hydrogens is 534 g/mol. The van der Waals surface area contributed by atoms with Gasteiger partial charge in [0.05, 0.1) is 17.6 Å². The number of hydrogen-bond acceptors (Lipinski definition) is 7. The molecule has 0 aliphatic heterocycles. The second-order valence-electron chi connectivity index (χ2n) is 8.46. The standard InChI is InChI=1S/C18H23NO4S.C4H12OS.C4H10O.2C2H6/c1-5-23-18(20)17(12-9-13-19(4)14-15(2)3)24(21,22)16-10-7-6-8-11-16;1-5-6(2,3)4;1-4(2)5-3;2*1-2/h6-13H,2,5,14H2,1,3-4H3;1-4H3;4H,1-3H3;2*1-2H3/b13-9+,17-12+;;;;. The minimum Gasteiger partial charge on any atom is -0.462 e. The number of likely N-dealkylation sites (N-methyl/N-ethyl adjacent to an activating group) is 1. The molecule has 230 valence electrons. The fraction of sp³-hybridized carbons (Fsp3) is 0.567. The molecule has 1 aromatic rings. The van der Waals surface area contributed by atoms with E-state index in [1.807, 2.05) is 60.4 Å². The predicted octanol–water partition coefficient (Wildman–Crippen LogP) is 7.26. The van der Waals surface area contributed by atoms with Crippen molar-refractivity contribution < 1.29 is 26.9 Å². The first-order chi connectivity index (χ1) is 18.1. The summed E-state index contributed by atoms with van der Waals surface area (Å²) in [5, 5.41) is 0. The van der Waals surface area contributed by atoms with E-state index >= 15 is 0 Å². The van der Waals surface area contributed by atoms with Crippen molar-refractivity contribution in [3.63, 3.8) is 0 Å². The van der Waals surface area contributed by atoms with Crippen LogP contribution >= 0.6 is 10.3 Å². The number of carbonyl (C=O) groups is 1. The normalized spacial score (nSPS) is 11.3. The molecule has 0 atom stereocenters. The lowest BCUT2D eigenvalue weighted by Gasteiger charge is -2.21. The first-order valence-corrected chi connectivity index (χ1v) is 17.4. The number of allylic oxidation sites excluding steroid dienone is 2. The van der Waals surface area contributed by atoms with Gasteiger partial charge in [-0.3, -0.25) is 0 Å². The van der Waals surface area contributed by atoms with E-state index in [9.17, 15) is 13.2 Å². The van der Waals surface area contributed by atoms with Gasteiger partial charge in [-0.1, -0.05) is 58.0 Å². The summed E-state index contributed by atoms with van der Waals surface area (Å²) in [5.74, 6) is -0.867. The van der Waals surface area contributed by atoms with Gasteiger partial charge in [-0.15, -0.1) is 10.3 Å². The summed E-state index contributed by atoms with van der Waals surface area (Å²) >= 11 is 0. The average Bonchev–Trinajstić information content (AvgIpc) is 2.89. The molecule has 0 bridgehead atoms. The molecule has 0 spiro atoms. The quantitative estimate of drug-likeness (QED) is 0.123. The van der Waals surface area contributed by atoms with E-state index in [0.29, 0.717) is 12.6 Å². The van der Waals surface area contributed by atoms with E-state index in [1.54, 1.807) is 45.5 Å². The average molecular weight is 592 g/mol. The van der Waals surface area contributed by atoms with Gasteiger partial charge >= 0.3 is 5.97 Å². The zero-order valence-corrected chi connectivity index (χ0v) is 28.7. The highest BCUT2D eigenvalue weighted by molar-refractivity contribution is 8.28. The van der Waals surface area contributed by atoms with E-state index in [1.165, 1.54) is 24.3 Å². The second kappa shape index (κ2) is 26.2. The predicted molar refractivity (Wildman–Crippen MR) is 172 cm³/mol. The molecule has 0 aliphatic rings. The molecule has 1 aromatic carbocycles. The summed E-state index contributed by atoms with van der Waals surface area (Å²) in [7, 11) is 0.666. The fourth-order valence-electron chi connectivity index (χ4n) is 1.95. The molecule has 0 N–H and O–H groups in total. The summed E-state index contributed by atoms with van der Waals surface area (Å²) in [6.07, 6.45) is 11.1. The Labute approximate surface area is 242 Å². The van der Waals surface area contributed by atoms with Crippen LogP contribution in [0.15, 0.2) is 70.6 Å². The molecule has 9 heteroatoms. The van der Waals surface area contributed by atoms with Crippen molar-refractivity contribution in [1.82, 2.24) is 4.90 Å². The molecule has 39 heavy (non-hydrogen) atoms. The lowest BCUT2D eigenvalue weighted by atomic mass is 10.3. The number of methoxy groups -OCH3 is 1. The van der Waals surface area contributed by atoms with Gasteiger partial charge in [-0.25, -0.2) is 13.2 Å². The highest BCUT2D eigenvalue weighted by Gasteiger charge is 2.27. The Balaban J connectivity index is -0.000000337. The van der Waals surface area contributed by atoms with Gasteiger partial charge in [0, 0.05) is 27.8 Å². The minimum atomic E-state index is -3.94. The summed E-state index contributed by atoms with van der Waals surface area (Å²) < 4.78 is 40.0. The highest BCUT2D eigenvalue weighted by atomic mass is 32.3. The second-order valence-corrected chi connectivity index (χ2v) is 14.2. The van der Waals surface area contributed by atoms with Crippen LogP contribution < -0.4 is 0 Å². The van der Waals surface area contributed by atoms with E-state index in [4.69, 9.17) is 13.7 Å². The lowest BCUT2D eigenvalue weighted by Crippen LogP contribution is -2.17. The van der Waals surface area contributed by atoms with Gasteiger partial charge in [-0.05, 0) is 76.9 Å². The Morgan fingerprint density at radius 1 is 1.03 bits per heavy atom. The lowest BCUT2D eigenvalue weighted by molar-refractivity contribution is -0.137. The number of nitrogens with zero attached hydrogens (tertiary/aromatic N) is 1. The molecule has 0 heterocycles. The Morgan fingerprint density at radius 3 is 1.79 bits per heavy atom. The van der Waals surface area contributed by atoms with Crippen LogP contribution in [-0.4, -0.2) is 78.6 Å². The maximum absolute atomic E-state index is 12.7. The van der Waals surface area contributed by atoms with Crippen LogP contribution in [0.1, 0.15) is 55.4 Å². The number of ether oxygens (including phenoxy) is 2. The highest BCUT2D eigenvalue weighted by Crippen LogP contribution is 2.33. The van der Waals surface area contributed by atoms with Crippen molar-refractivity contribution >= 4 is 26.1 Å². The number of sulfone groups is 1. The Kier molecular flexibility index (Phi) is 29.5. The zero-order chi connectivity index (χ0) is 31.7.